The van der Waals surface area contributed by atoms with Crippen molar-refractivity contribution in [2.45, 2.75) is 37.6 Å². The van der Waals surface area contributed by atoms with Crippen molar-refractivity contribution in [1.29, 1.82) is 0 Å². The van der Waals surface area contributed by atoms with E-state index in [2.05, 4.69) is 5.32 Å². The maximum atomic E-state index is 13.6. The summed E-state index contributed by atoms with van der Waals surface area (Å²) in [6, 6.07) is 18.6. The van der Waals surface area contributed by atoms with Crippen LogP contribution in [0.25, 0.3) is 0 Å². The van der Waals surface area contributed by atoms with E-state index in [0.29, 0.717) is 11.4 Å². The molecule has 3 unspecified atom stereocenters. The Morgan fingerprint density at radius 1 is 1.06 bits per heavy atom. The van der Waals surface area contributed by atoms with Crippen molar-refractivity contribution >= 4 is 11.6 Å². The Bertz CT molecular complexity index is 1150. The molecule has 172 valence electrons. The second-order valence-corrected chi connectivity index (χ2v) is 7.97. The van der Waals surface area contributed by atoms with Crippen LogP contribution in [0.5, 0.6) is 5.75 Å². The van der Waals surface area contributed by atoms with Crippen LogP contribution in [-0.2, 0) is 11.0 Å². The Balaban J connectivity index is 1.72. The minimum atomic E-state index is -4.48. The number of nitrogens with zero attached hydrogens (tertiary/aromatic N) is 1. The van der Waals surface area contributed by atoms with Gasteiger partial charge in [0.15, 0.2) is 0 Å². The van der Waals surface area contributed by atoms with E-state index in [1.165, 1.54) is 24.1 Å². The SMILES string of the molecule is [3H]C1(NC(C)c2ccccc2)CC(c2cccc(OC)c2)N(c2ccc(C(F)(F)F)cc2)C1=O. The molecule has 4 rings (SSSR count). The molecule has 1 N–H and O–H groups in total. The van der Waals surface area contributed by atoms with Gasteiger partial charge in [0.25, 0.3) is 0 Å². The zero-order valence-corrected chi connectivity index (χ0v) is 18.3. The van der Waals surface area contributed by atoms with Gasteiger partial charge in [-0.3, -0.25) is 10.1 Å². The Morgan fingerprint density at radius 3 is 2.39 bits per heavy atom. The third-order valence-electron chi connectivity index (χ3n) is 5.83. The third-order valence-corrected chi connectivity index (χ3v) is 5.83. The lowest BCUT2D eigenvalue weighted by Crippen LogP contribution is -2.39. The zero-order valence-electron chi connectivity index (χ0n) is 19.3. The fraction of sp³-hybridized carbons (Fsp3) is 0.269. The number of nitrogens with one attached hydrogen (secondary N) is 1. The van der Waals surface area contributed by atoms with E-state index < -0.39 is 29.7 Å². The van der Waals surface area contributed by atoms with Gasteiger partial charge in [-0.2, -0.15) is 13.2 Å². The number of methoxy groups -OCH3 is 1. The van der Waals surface area contributed by atoms with Gasteiger partial charge in [0.1, 0.15) is 5.75 Å². The van der Waals surface area contributed by atoms with Gasteiger partial charge in [-0.15, -0.1) is 0 Å². The quantitative estimate of drug-likeness (QED) is 0.501. The number of hydrogen-bond acceptors (Lipinski definition) is 3. The smallest absolute Gasteiger partial charge is 0.416 e. The summed E-state index contributed by atoms with van der Waals surface area (Å²) in [7, 11) is 1.53. The maximum absolute atomic E-state index is 13.6. The summed E-state index contributed by atoms with van der Waals surface area (Å²) in [4.78, 5) is 15.0. The van der Waals surface area contributed by atoms with E-state index in [9.17, 15) is 18.0 Å². The molecule has 0 aromatic heterocycles. The predicted molar refractivity (Wildman–Crippen MR) is 121 cm³/mol. The second kappa shape index (κ2) is 9.27. The number of alkyl halides is 3. The van der Waals surface area contributed by atoms with Crippen LogP contribution in [0, 0.1) is 0 Å². The molecule has 3 aromatic rings. The average Bonchev–Trinajstić information content (AvgIpc) is 3.09. The standard InChI is InChI=1S/C26H25F3N2O2/c1-17(18-7-4-3-5-8-18)30-23-16-24(19-9-6-10-22(15-19)33-2)31(25(23)32)21-13-11-20(12-14-21)26(27,28)29/h3-15,17,23-24,30H,16H2,1-2H3/i23T. The molecule has 1 amide bonds. The summed E-state index contributed by atoms with van der Waals surface area (Å²) >= 11 is 0. The van der Waals surface area contributed by atoms with Crippen molar-refractivity contribution in [2.75, 3.05) is 12.0 Å². The molecule has 1 aliphatic heterocycles. The summed E-state index contributed by atoms with van der Waals surface area (Å²) in [5.74, 6) is 0.0632. The van der Waals surface area contributed by atoms with Crippen LogP contribution in [-0.4, -0.2) is 19.0 Å². The van der Waals surface area contributed by atoms with Crippen molar-refractivity contribution in [3.8, 4) is 5.75 Å². The predicted octanol–water partition coefficient (Wildman–Crippen LogP) is 5.91. The molecular formula is C26H25F3N2O2. The summed E-state index contributed by atoms with van der Waals surface area (Å²) in [6.45, 7) is 1.88. The summed E-state index contributed by atoms with van der Waals surface area (Å²) < 4.78 is 53.6. The van der Waals surface area contributed by atoms with Gasteiger partial charge in [0, 0.05) is 11.7 Å². The van der Waals surface area contributed by atoms with Gasteiger partial charge < -0.3 is 9.64 Å². The number of amides is 1. The van der Waals surface area contributed by atoms with Crippen LogP contribution >= 0.6 is 0 Å². The first-order valence-electron chi connectivity index (χ1n) is 11.1. The molecule has 33 heavy (non-hydrogen) atoms. The van der Waals surface area contributed by atoms with Gasteiger partial charge in [0.05, 0.1) is 26.1 Å². The second-order valence-electron chi connectivity index (χ2n) is 7.97. The van der Waals surface area contributed by atoms with E-state index >= 15 is 0 Å². The lowest BCUT2D eigenvalue weighted by Gasteiger charge is -2.26. The number of carbonyl (C=O) groups is 1. The number of carbonyl (C=O) groups excluding carboxylic acids is 1. The van der Waals surface area contributed by atoms with Crippen molar-refractivity contribution in [3.05, 3.63) is 95.6 Å². The molecular weight excluding hydrogens is 429 g/mol. The molecule has 1 saturated heterocycles. The molecule has 0 bridgehead atoms. The minimum Gasteiger partial charge on any atom is -0.497 e. The van der Waals surface area contributed by atoms with E-state index in [1.807, 2.05) is 43.3 Å². The molecule has 0 radical (unpaired) electrons. The Labute approximate surface area is 192 Å². The van der Waals surface area contributed by atoms with Crippen molar-refractivity contribution < 1.29 is 24.1 Å². The van der Waals surface area contributed by atoms with Crippen LogP contribution in [0.2, 0.25) is 0 Å². The number of ether oxygens (including phenoxy) is 1. The van der Waals surface area contributed by atoms with Crippen molar-refractivity contribution in [3.63, 3.8) is 0 Å². The van der Waals surface area contributed by atoms with E-state index in [4.69, 9.17) is 6.11 Å². The lowest BCUT2D eigenvalue weighted by atomic mass is 10.0. The highest BCUT2D eigenvalue weighted by Crippen LogP contribution is 2.40. The fourth-order valence-corrected chi connectivity index (χ4v) is 4.09. The van der Waals surface area contributed by atoms with Gasteiger partial charge in [-0.1, -0.05) is 42.5 Å². The normalized spacial score (nSPS) is 22.2. The minimum absolute atomic E-state index is 0.108. The summed E-state index contributed by atoms with van der Waals surface area (Å²) in [5, 5.41) is 3.15. The van der Waals surface area contributed by atoms with Crippen LogP contribution in [0.1, 0.15) is 43.5 Å². The first kappa shape index (κ1) is 21.5. The van der Waals surface area contributed by atoms with E-state index in [-0.39, 0.29) is 12.5 Å². The Hall–Kier alpha value is -3.32. The molecule has 4 nitrogen and oxygen atoms in total. The van der Waals surface area contributed by atoms with Gasteiger partial charge >= 0.3 is 6.18 Å². The van der Waals surface area contributed by atoms with Gasteiger partial charge in [-0.05, 0) is 60.9 Å². The molecule has 0 spiro atoms. The van der Waals surface area contributed by atoms with Crippen molar-refractivity contribution in [1.82, 2.24) is 5.32 Å². The van der Waals surface area contributed by atoms with Crippen LogP contribution in [0.3, 0.4) is 0 Å². The highest BCUT2D eigenvalue weighted by Gasteiger charge is 2.42. The van der Waals surface area contributed by atoms with Crippen LogP contribution in [0.15, 0.2) is 78.9 Å². The lowest BCUT2D eigenvalue weighted by molar-refractivity contribution is -0.137. The molecule has 0 aliphatic carbocycles. The Kier molecular flexibility index (Phi) is 6.05. The first-order chi connectivity index (χ1) is 16.1. The molecule has 3 aromatic carbocycles. The van der Waals surface area contributed by atoms with Crippen LogP contribution in [0.4, 0.5) is 18.9 Å². The molecule has 0 saturated carbocycles. The average molecular weight is 457 g/mol. The highest BCUT2D eigenvalue weighted by molar-refractivity contribution is 6.00. The zero-order chi connectivity index (χ0) is 24.5. The summed E-state index contributed by atoms with van der Waals surface area (Å²) in [5.41, 5.74) is 1.16. The van der Waals surface area contributed by atoms with Crippen LogP contribution < -0.4 is 15.0 Å². The number of rotatable bonds is 6. The van der Waals surface area contributed by atoms with Crippen molar-refractivity contribution in [2.24, 2.45) is 0 Å². The number of hydrogen-bond donors (Lipinski definition) is 1. The topological polar surface area (TPSA) is 41.6 Å². The number of benzene rings is 3. The highest BCUT2D eigenvalue weighted by atomic mass is 19.4. The van der Waals surface area contributed by atoms with E-state index in [1.54, 1.807) is 18.2 Å². The number of anilines is 1. The van der Waals surface area contributed by atoms with Gasteiger partial charge in [0.2, 0.25) is 5.91 Å². The molecule has 3 atom stereocenters. The number of halogens is 3. The third kappa shape index (κ3) is 4.88. The monoisotopic (exact) mass is 456 g/mol. The fourth-order valence-electron chi connectivity index (χ4n) is 4.09. The molecule has 1 aliphatic rings. The maximum Gasteiger partial charge on any atom is 0.416 e. The van der Waals surface area contributed by atoms with Gasteiger partial charge in [-0.25, -0.2) is 0 Å². The first-order valence-corrected chi connectivity index (χ1v) is 10.6. The largest absolute Gasteiger partial charge is 0.497 e. The molecule has 7 heteroatoms. The molecule has 1 fully saturated rings. The molecule has 1 heterocycles. The van der Waals surface area contributed by atoms with E-state index in [0.717, 1.165) is 23.3 Å². The summed E-state index contributed by atoms with van der Waals surface area (Å²) in [6.07, 6.45) is -4.37. The Morgan fingerprint density at radius 2 is 1.76 bits per heavy atom.